The molecule has 4 amide bonds. The van der Waals surface area contributed by atoms with Gasteiger partial charge in [0.1, 0.15) is 6.04 Å². The van der Waals surface area contributed by atoms with Crippen molar-refractivity contribution in [3.8, 4) is 0 Å². The van der Waals surface area contributed by atoms with Gasteiger partial charge in [-0.25, -0.2) is 18.1 Å². The molecule has 3 rings (SSSR count). The predicted molar refractivity (Wildman–Crippen MR) is 87.4 cm³/mol. The third-order valence-electron chi connectivity index (χ3n) is 4.12. The zero-order valence-electron chi connectivity index (χ0n) is 14.4. The van der Waals surface area contributed by atoms with Crippen molar-refractivity contribution in [2.75, 3.05) is 13.6 Å². The summed E-state index contributed by atoms with van der Waals surface area (Å²) in [6.07, 6.45) is 2.12. The van der Waals surface area contributed by atoms with Crippen LogP contribution >= 0.6 is 11.3 Å². The molecule has 2 atom stereocenters. The van der Waals surface area contributed by atoms with E-state index in [1.165, 1.54) is 29.8 Å². The average molecular weight is 579 g/mol. The molecular formula is C15H19N5O3PrSY-2. The standard InChI is InChI=1S/C15H19N5O3S.Pr.Y/c1-19-12(7-16-15(19)23)13(21)18-11(6-10-8-24-9-17-10)14(22)20-4-2-3-5-20;;/h4,7-9,11-12H,2-3,5-6H2,1H3,(H,16,23)(H,18,21);;/q-2;;. The van der Waals surface area contributed by atoms with E-state index in [1.807, 2.05) is 11.9 Å². The van der Waals surface area contributed by atoms with Crippen LogP contribution in [0.15, 0.2) is 10.9 Å². The van der Waals surface area contributed by atoms with E-state index in [1.54, 1.807) is 10.4 Å². The number of rotatable bonds is 5. The molecule has 2 saturated heterocycles. The smallest absolute Gasteiger partial charge is 0.286 e. The van der Waals surface area contributed by atoms with Gasteiger partial charge in [-0.2, -0.15) is 6.42 Å². The second kappa shape index (κ2) is 11.3. The Balaban J connectivity index is 0.00000169. The summed E-state index contributed by atoms with van der Waals surface area (Å²) in [6, 6.07) is -1.78. The Morgan fingerprint density at radius 1 is 1.54 bits per heavy atom. The van der Waals surface area contributed by atoms with Gasteiger partial charge < -0.3 is 20.4 Å². The Bertz CT molecular complexity index is 627. The predicted octanol–water partition coefficient (Wildman–Crippen LogP) is 0.137. The molecule has 0 spiro atoms. The Kier molecular flexibility index (Phi) is 10.6. The quantitative estimate of drug-likeness (QED) is 0.486. The molecule has 2 unspecified atom stereocenters. The molecule has 11 heteroatoms. The number of likely N-dealkylation sites (tertiary alicyclic amines) is 1. The number of carbonyl (C=O) groups is 3. The number of likely N-dealkylation sites (N-methyl/N-ethyl adjacent to an activating group) is 1. The maximum Gasteiger partial charge on any atom is 0.286 e. The Hall–Kier alpha value is 0.308. The summed E-state index contributed by atoms with van der Waals surface area (Å²) < 4.78 is 0. The summed E-state index contributed by atoms with van der Waals surface area (Å²) in [5.41, 5.74) is 2.46. The molecule has 1 aromatic heterocycles. The zero-order chi connectivity index (χ0) is 17.1. The van der Waals surface area contributed by atoms with Crippen molar-refractivity contribution in [3.05, 3.63) is 29.7 Å². The normalized spacial score (nSPS) is 20.0. The number of urea groups is 1. The molecular weight excluding hydrogens is 560 g/mol. The minimum absolute atomic E-state index is 0. The van der Waals surface area contributed by atoms with Gasteiger partial charge in [0.2, 0.25) is 11.8 Å². The van der Waals surface area contributed by atoms with Gasteiger partial charge >= 0.3 is 0 Å². The fraction of sp³-hybridized carbons (Fsp3) is 0.467. The molecule has 136 valence electrons. The summed E-state index contributed by atoms with van der Waals surface area (Å²) >= 11 is 1.44. The molecule has 2 fully saturated rings. The maximum absolute atomic E-state index is 12.7. The first-order valence-electron chi connectivity index (χ1n) is 7.74. The maximum atomic E-state index is 12.7. The number of thiazole rings is 1. The zero-order valence-corrected chi connectivity index (χ0v) is 21.8. The monoisotopic (exact) mass is 579 g/mol. The van der Waals surface area contributed by atoms with Crippen molar-refractivity contribution in [3.63, 3.8) is 0 Å². The number of aromatic nitrogens is 1. The van der Waals surface area contributed by atoms with Crippen molar-refractivity contribution in [2.45, 2.75) is 31.3 Å². The molecule has 0 aliphatic carbocycles. The van der Waals surface area contributed by atoms with Gasteiger partial charge in [-0.1, -0.05) is 6.42 Å². The number of amides is 4. The summed E-state index contributed by atoms with van der Waals surface area (Å²) in [4.78, 5) is 43.8. The van der Waals surface area contributed by atoms with Gasteiger partial charge in [0.15, 0.2) is 0 Å². The molecule has 26 heavy (non-hydrogen) atoms. The summed E-state index contributed by atoms with van der Waals surface area (Å²) in [5.74, 6) is -0.530. The van der Waals surface area contributed by atoms with Crippen LogP contribution in [0.4, 0.5) is 4.79 Å². The summed E-state index contributed by atoms with van der Waals surface area (Å²) in [6.45, 7) is 3.95. The van der Waals surface area contributed by atoms with Crippen LogP contribution in [-0.2, 0) is 48.7 Å². The van der Waals surface area contributed by atoms with Crippen molar-refractivity contribution < 1.29 is 88.4 Å². The van der Waals surface area contributed by atoms with Crippen molar-refractivity contribution in [1.29, 1.82) is 0 Å². The fourth-order valence-electron chi connectivity index (χ4n) is 2.75. The van der Waals surface area contributed by atoms with Crippen LogP contribution in [-0.4, -0.2) is 58.3 Å². The summed E-state index contributed by atoms with van der Waals surface area (Å²) in [5, 5.41) is 7.13. The largest absolute Gasteiger partial charge is 0.491 e. The first-order valence-corrected chi connectivity index (χ1v) is 8.68. The summed E-state index contributed by atoms with van der Waals surface area (Å²) in [7, 11) is 1.54. The van der Waals surface area contributed by atoms with E-state index in [2.05, 4.69) is 15.6 Å². The van der Waals surface area contributed by atoms with E-state index in [0.29, 0.717) is 13.0 Å². The number of carbonyl (C=O) groups excluding carboxylic acids is 3. The van der Waals surface area contributed by atoms with Gasteiger partial charge in [0, 0.05) is 98.9 Å². The van der Waals surface area contributed by atoms with Crippen LogP contribution < -0.4 is 10.6 Å². The van der Waals surface area contributed by atoms with E-state index in [4.69, 9.17) is 0 Å². The first-order chi connectivity index (χ1) is 11.6. The van der Waals surface area contributed by atoms with Gasteiger partial charge in [0.05, 0.1) is 11.2 Å². The first kappa shape index (κ1) is 24.3. The van der Waals surface area contributed by atoms with Crippen LogP contribution in [0.25, 0.3) is 0 Å². The van der Waals surface area contributed by atoms with Gasteiger partial charge in [-0.05, 0) is 6.54 Å². The van der Waals surface area contributed by atoms with E-state index >= 15 is 0 Å². The third kappa shape index (κ3) is 5.90. The molecule has 0 bridgehead atoms. The topological polar surface area (TPSA) is 94.6 Å². The SMILES string of the molecule is CN1C(=O)N[CH-]C1C(=O)NC(Cc1cscn1)C(=O)N1[CH-]CCC1.[Pr].[Y]. The third-order valence-corrected chi connectivity index (χ3v) is 4.75. The Morgan fingerprint density at radius 3 is 2.85 bits per heavy atom. The number of nitrogens with zero attached hydrogens (tertiary/aromatic N) is 3. The Morgan fingerprint density at radius 2 is 2.31 bits per heavy atom. The van der Waals surface area contributed by atoms with E-state index in [-0.39, 0.29) is 91.8 Å². The molecule has 8 nitrogen and oxygen atoms in total. The molecule has 0 aromatic carbocycles. The van der Waals surface area contributed by atoms with Gasteiger partial charge in [0.25, 0.3) is 6.03 Å². The average Bonchev–Trinajstić information content (AvgIpc) is 3.30. The number of nitrogens with one attached hydrogen (secondary N) is 2. The molecule has 2 N–H and O–H groups in total. The Labute approximate surface area is 215 Å². The van der Waals surface area contributed by atoms with Crippen LogP contribution in [0.3, 0.4) is 0 Å². The van der Waals surface area contributed by atoms with E-state index < -0.39 is 12.1 Å². The van der Waals surface area contributed by atoms with Crippen LogP contribution in [0, 0.1) is 54.4 Å². The van der Waals surface area contributed by atoms with Crippen LogP contribution in [0.2, 0.25) is 0 Å². The fourth-order valence-corrected chi connectivity index (χ4v) is 3.32. The number of hydrogen-bond donors (Lipinski definition) is 2. The molecule has 2 radical (unpaired) electrons. The van der Waals surface area contributed by atoms with E-state index in [9.17, 15) is 14.4 Å². The van der Waals surface area contributed by atoms with Crippen molar-refractivity contribution in [1.82, 2.24) is 25.4 Å². The molecule has 3 heterocycles. The molecule has 0 saturated carbocycles. The van der Waals surface area contributed by atoms with E-state index in [0.717, 1.165) is 18.5 Å². The van der Waals surface area contributed by atoms with Gasteiger partial charge in [-0.15, -0.1) is 11.3 Å². The van der Waals surface area contributed by atoms with Crippen LogP contribution in [0.1, 0.15) is 18.5 Å². The molecule has 2 aliphatic rings. The van der Waals surface area contributed by atoms with Gasteiger partial charge in [-0.3, -0.25) is 14.4 Å². The number of hydrogen-bond acceptors (Lipinski definition) is 5. The minimum Gasteiger partial charge on any atom is -0.491 e. The minimum atomic E-state index is -0.731. The molecule has 1 aromatic rings. The van der Waals surface area contributed by atoms with Crippen molar-refractivity contribution >= 4 is 29.2 Å². The molecule has 2 aliphatic heterocycles. The second-order valence-corrected chi connectivity index (χ2v) is 6.49. The van der Waals surface area contributed by atoms with Crippen molar-refractivity contribution in [2.24, 2.45) is 0 Å². The second-order valence-electron chi connectivity index (χ2n) is 5.77. The van der Waals surface area contributed by atoms with Crippen LogP contribution in [0.5, 0.6) is 0 Å².